The van der Waals surface area contributed by atoms with Gasteiger partial charge in [0.2, 0.25) is 23.6 Å². The van der Waals surface area contributed by atoms with E-state index in [4.69, 9.17) is 90.0 Å². The van der Waals surface area contributed by atoms with Crippen molar-refractivity contribution in [3.8, 4) is 0 Å². The lowest BCUT2D eigenvalue weighted by Crippen LogP contribution is -2.71. The average Bonchev–Trinajstić information content (AvgIpc) is 0.752. The summed E-state index contributed by atoms with van der Waals surface area (Å²) in [5.41, 5.74) is 0. The minimum atomic E-state index is -5.71. The predicted molar refractivity (Wildman–Crippen MR) is 404 cm³/mol. The van der Waals surface area contributed by atoms with E-state index >= 15 is 0 Å². The Kier molecular flexibility index (Phi) is 39.2. The maximum atomic E-state index is 13.4. The van der Waals surface area contributed by atoms with Crippen LogP contribution in [0.1, 0.15) is 34.1 Å². The highest BCUT2D eigenvalue weighted by Crippen LogP contribution is 2.43. The van der Waals surface area contributed by atoms with Gasteiger partial charge in [0.15, 0.2) is 56.6 Å². The summed E-state index contributed by atoms with van der Waals surface area (Å²) in [6.45, 7) is -8.62. The molecule has 10 aliphatic heterocycles. The van der Waals surface area contributed by atoms with Crippen LogP contribution in [0.5, 0.6) is 0 Å². The number of aliphatic carboxylic acids is 1. The van der Waals surface area contributed by atoms with Crippen LogP contribution < -0.4 is 21.3 Å². The number of hydrogen-bond acceptors (Lipinski definition) is 55. The smallest absolute Gasteiger partial charge is 0.397 e. The van der Waals surface area contributed by atoms with E-state index in [-0.39, 0.29) is 0 Å². The van der Waals surface area contributed by atoms with Crippen molar-refractivity contribution in [1.29, 1.82) is 0 Å². The van der Waals surface area contributed by atoms with Crippen molar-refractivity contribution in [2.75, 3.05) is 66.1 Å². The van der Waals surface area contributed by atoms with Gasteiger partial charge in [-0.25, -0.2) is 8.98 Å². The number of carboxylic acids is 1. The van der Waals surface area contributed by atoms with Gasteiger partial charge in [-0.3, -0.25) is 23.7 Å². The molecule has 4 amide bonds. The molecule has 0 unspecified atom stereocenters. The highest BCUT2D eigenvalue weighted by Gasteiger charge is 2.64. The van der Waals surface area contributed by atoms with Crippen molar-refractivity contribution < 1.29 is 279 Å². The molecule has 10 fully saturated rings. The quantitative estimate of drug-likeness (QED) is 0.0257. The number of rotatable bonds is 37. The third-order valence-electron chi connectivity index (χ3n) is 23.7. The summed E-state index contributed by atoms with van der Waals surface area (Å²) in [5.74, 6) is -10.1. The molecule has 0 bridgehead atoms. The summed E-state index contributed by atoms with van der Waals surface area (Å²) in [4.78, 5) is 64.8. The van der Waals surface area contributed by atoms with Gasteiger partial charge >= 0.3 is 16.4 Å². The molecule has 10 saturated heterocycles. The van der Waals surface area contributed by atoms with Crippen LogP contribution >= 0.6 is 0 Å². The van der Waals surface area contributed by atoms with Gasteiger partial charge in [-0.05, 0) is 6.92 Å². The summed E-state index contributed by atoms with van der Waals surface area (Å²) in [5, 5.41) is 332. The standard InChI is InChI=1S/C71H118N4O57S/c1-16-35(89)45(99)48(102)64(116-16)114-14-28-54(42(96)32(61(107)117-28)72-17(2)83)125-62-33(73-18(3)84)43(97)53(26(11-81)122-62)126-67-51(105)58(41(95)27(123-67)13-113-65-50(104)57(39(93)24(9-79)118-65)128-66-49(103)46(100)37(91)22(7-77)119-66)129-69-60(47(101)38(92)23(8-78)121-69)130-63-34(74-19(4)85)44(98)55(29(124-63)15-115-133(110,111)112)127-68-52(106)59(40(94)25(10-80)120-68)132-71(70(108)109)5-20(86)31(75-30(88)12-82)56(131-71)36(90)21(87)6-76/h16,20-29,31-69,76-82,86-87,89-107H,5-15H2,1-4H3,(H,72,83)(H,73,84)(H,74,85)(H,75,88)(H,108,109)(H,110,111,112)/t16-,20-,21+,22+,23+,24+,25+,26+,27+,28+,29+,31+,32+,33+,34+,35+,36+,37+,38+,39+,40-,41+,42+,43+,44+,45+,46-,47-,48-,49-,50-,51-,52+,53+,54+,55+,56+,57-,58-,59-,60-,61+,62-,63-,64+,65-,66+,67-,68-,69+,71-/m0/s1. The molecule has 0 radical (unpaired) electrons. The summed E-state index contributed by atoms with van der Waals surface area (Å²) in [7, 11) is -5.71. The summed E-state index contributed by atoms with van der Waals surface area (Å²) < 4.78 is 151. The summed E-state index contributed by atoms with van der Waals surface area (Å²) in [6.07, 6.45) is -105. The first-order chi connectivity index (χ1) is 62.5. The third kappa shape index (κ3) is 25.1. The number of aliphatic hydroxyl groups is 28. The van der Waals surface area contributed by atoms with Crippen LogP contribution in [0.2, 0.25) is 0 Å². The second-order valence-electron chi connectivity index (χ2n) is 33.0. The molecule has 0 aromatic rings. The predicted octanol–water partition coefficient (Wildman–Crippen LogP) is -23.2. The summed E-state index contributed by atoms with van der Waals surface area (Å²) >= 11 is 0. The zero-order chi connectivity index (χ0) is 98.5. The van der Waals surface area contributed by atoms with E-state index in [0.29, 0.717) is 0 Å². The molecule has 10 aliphatic rings. The fourth-order valence-electron chi connectivity index (χ4n) is 16.6. The van der Waals surface area contributed by atoms with Crippen LogP contribution in [-0.4, -0.2) is 569 Å². The number of aliphatic hydroxyl groups excluding tert-OH is 28. The first kappa shape index (κ1) is 110. The third-order valence-corrected chi connectivity index (χ3v) is 24.1. The number of carbonyl (C=O) groups excluding carboxylic acids is 4. The van der Waals surface area contributed by atoms with E-state index in [1.807, 2.05) is 5.32 Å². The topological polar surface area (TPSA) is 959 Å². The molecule has 133 heavy (non-hydrogen) atoms. The second-order valence-corrected chi connectivity index (χ2v) is 34.1. The van der Waals surface area contributed by atoms with Crippen LogP contribution in [0, 0.1) is 0 Å². The fourth-order valence-corrected chi connectivity index (χ4v) is 16.9. The zero-order valence-electron chi connectivity index (χ0n) is 70.5. The molecular weight excluding hydrogens is 1850 g/mol. The normalized spacial score (nSPS) is 47.2. The Hall–Kier alpha value is -4.66. The molecule has 0 saturated carbocycles. The van der Waals surface area contributed by atoms with Crippen LogP contribution in [-0.2, 0) is 129 Å². The van der Waals surface area contributed by atoms with E-state index in [1.54, 1.807) is 0 Å². The van der Waals surface area contributed by atoms with Gasteiger partial charge in [0.1, 0.15) is 238 Å². The summed E-state index contributed by atoms with van der Waals surface area (Å²) in [6, 6.07) is -8.17. The van der Waals surface area contributed by atoms with Crippen LogP contribution in [0.4, 0.5) is 0 Å². The monoisotopic (exact) mass is 1970 g/mol. The molecule has 51 atom stereocenters. The minimum absolute atomic E-state index is 0.773. The second kappa shape index (κ2) is 47.3. The van der Waals surface area contributed by atoms with Crippen molar-refractivity contribution >= 4 is 40.0 Å². The Morgan fingerprint density at radius 3 is 1.26 bits per heavy atom. The van der Waals surface area contributed by atoms with Gasteiger partial charge in [-0.2, -0.15) is 8.42 Å². The number of carbonyl (C=O) groups is 5. The zero-order valence-corrected chi connectivity index (χ0v) is 71.3. The molecule has 62 heteroatoms. The number of ether oxygens (including phenoxy) is 19. The van der Waals surface area contributed by atoms with Crippen LogP contribution in [0.3, 0.4) is 0 Å². The van der Waals surface area contributed by atoms with E-state index in [2.05, 4.69) is 20.1 Å². The van der Waals surface area contributed by atoms with E-state index in [9.17, 15) is 185 Å². The number of nitrogens with one attached hydrogen (secondary N) is 4. The van der Waals surface area contributed by atoms with E-state index in [0.717, 1.165) is 20.8 Å². The number of amides is 4. The molecule has 0 aromatic heterocycles. The lowest BCUT2D eigenvalue weighted by atomic mass is 9.88. The lowest BCUT2D eigenvalue weighted by Gasteiger charge is -2.51. The highest BCUT2D eigenvalue weighted by atomic mass is 32.3. The molecular formula is C71H118N4O57S. The molecule has 61 nitrogen and oxygen atoms in total. The Morgan fingerprint density at radius 1 is 0.376 bits per heavy atom. The van der Waals surface area contributed by atoms with Gasteiger partial charge in [0.05, 0.1) is 77.7 Å². The number of carboxylic acid groups (broad SMARTS) is 1. The van der Waals surface area contributed by atoms with Crippen molar-refractivity contribution in [1.82, 2.24) is 21.3 Å². The average molecular weight is 1970 g/mol. The molecule has 34 N–H and O–H groups in total. The highest BCUT2D eigenvalue weighted by molar-refractivity contribution is 7.80. The van der Waals surface area contributed by atoms with E-state index < -0.39 is 425 Å². The van der Waals surface area contributed by atoms with Gasteiger partial charge in [0, 0.05) is 27.2 Å². The van der Waals surface area contributed by atoms with Gasteiger partial charge in [-0.15, -0.1) is 0 Å². The van der Waals surface area contributed by atoms with Crippen LogP contribution in [0.15, 0.2) is 0 Å². The largest absolute Gasteiger partial charge is 0.477 e. The fraction of sp³-hybridized carbons (Fsp3) is 0.930. The Morgan fingerprint density at radius 2 is 0.752 bits per heavy atom. The van der Waals surface area contributed by atoms with Crippen molar-refractivity contribution in [3.05, 3.63) is 0 Å². The number of hydrogen-bond donors (Lipinski definition) is 34. The van der Waals surface area contributed by atoms with Gasteiger partial charge < -0.3 is 259 Å². The molecule has 0 spiro atoms. The molecule has 770 valence electrons. The van der Waals surface area contributed by atoms with Crippen LogP contribution in [0.25, 0.3) is 0 Å². The molecule has 0 aromatic carbocycles. The van der Waals surface area contributed by atoms with E-state index in [1.165, 1.54) is 6.92 Å². The Bertz CT molecular complexity index is 3830. The first-order valence-electron chi connectivity index (χ1n) is 41.5. The SMILES string of the molecule is CC(=O)N[C@@H]1[C@@H](O)[C@H](O[C@@H]2O[C@H](CO)[C@@H](O[C@@H]3O[C@H](CO[C@H]4O[C@H](CO)[C@@H](O)[C@H](O[C@H]5O[C@H](CO)[C@@H](O)[C@H](O)[C@@H]5O)[C@@H]4O)[C@@H](O)[C@H](O[C@H]4O[C@H](CO)[C@@H](O)[C@H](O)[C@@H]4O[C@@H]4O[C@H](COS(=O)(=O)O)[C@@H](O[C@@H]5O[C@H](CO)[C@H](O)[C@H](O[C@]6(C(=O)O)C[C@H](O)[C@@H](NC(=O)CO)[C@H]([C@H](O)[C@H](O)CO)O6)[C@H]5O)[C@H](O)[C@H]4NC(C)=O)[C@@H]3O)[C@H](O)[C@H]2NC(C)=O)[C@@H](CO[C@@H]2O[C@@H](C)[C@@H](O)[C@@H](O)[C@@H]2O)O[C@H]1O. The Balaban J connectivity index is 0.981. The molecule has 10 heterocycles. The van der Waals surface area contributed by atoms with Crippen molar-refractivity contribution in [2.45, 2.75) is 347 Å². The molecule has 0 aliphatic carbocycles. The van der Waals surface area contributed by atoms with Crippen molar-refractivity contribution in [3.63, 3.8) is 0 Å². The maximum Gasteiger partial charge on any atom is 0.397 e. The van der Waals surface area contributed by atoms with Gasteiger partial charge in [0.25, 0.3) is 5.79 Å². The first-order valence-corrected chi connectivity index (χ1v) is 42.8. The lowest BCUT2D eigenvalue weighted by molar-refractivity contribution is -0.400. The molecule has 10 rings (SSSR count). The Labute approximate surface area is 750 Å². The minimum Gasteiger partial charge on any atom is -0.477 e. The maximum absolute atomic E-state index is 13.4. The van der Waals surface area contributed by atoms with Gasteiger partial charge in [-0.1, -0.05) is 0 Å². The van der Waals surface area contributed by atoms with Crippen molar-refractivity contribution in [2.24, 2.45) is 0 Å².